The van der Waals surface area contributed by atoms with Gasteiger partial charge in [0.1, 0.15) is 34.8 Å². The first-order valence-corrected chi connectivity index (χ1v) is 10.9. The highest BCUT2D eigenvalue weighted by atomic mass is 19.1. The molecule has 0 aliphatic carbocycles. The minimum atomic E-state index is -1.30. The maximum atomic E-state index is 14.7. The molecule has 4 aromatic rings. The van der Waals surface area contributed by atoms with E-state index in [0.717, 1.165) is 36.2 Å². The van der Waals surface area contributed by atoms with Crippen LogP contribution in [0.15, 0.2) is 84.9 Å². The first kappa shape index (κ1) is 23.8. The second kappa shape index (κ2) is 10.3. The summed E-state index contributed by atoms with van der Waals surface area (Å²) in [6.07, 6.45) is 0.813. The van der Waals surface area contributed by atoms with Gasteiger partial charge in [0.15, 0.2) is 0 Å². The van der Waals surface area contributed by atoms with E-state index in [1.165, 1.54) is 11.6 Å². The summed E-state index contributed by atoms with van der Waals surface area (Å²) in [5.74, 6) is -4.36. The van der Waals surface area contributed by atoms with Gasteiger partial charge in [-0.3, -0.25) is 0 Å². The van der Waals surface area contributed by atoms with Gasteiger partial charge in [0, 0.05) is 6.07 Å². The lowest BCUT2D eigenvalue weighted by Gasteiger charge is -2.13. The second-order valence-electron chi connectivity index (χ2n) is 8.17. The molecule has 0 saturated heterocycles. The molecule has 0 aromatic heterocycles. The topological polar surface area (TPSA) is 50.1 Å². The number of esters is 1. The van der Waals surface area contributed by atoms with Crippen LogP contribution in [0.4, 0.5) is 13.2 Å². The molecule has 4 rings (SSSR count). The number of halogens is 3. The number of nitriles is 1. The van der Waals surface area contributed by atoms with Crippen LogP contribution in [0, 0.1) is 28.8 Å². The lowest BCUT2D eigenvalue weighted by molar-refractivity contribution is 0.0724. The molecule has 4 aromatic carbocycles. The summed E-state index contributed by atoms with van der Waals surface area (Å²) < 4.78 is 48.1. The van der Waals surface area contributed by atoms with Crippen molar-refractivity contribution in [2.24, 2.45) is 0 Å². The van der Waals surface area contributed by atoms with Crippen molar-refractivity contribution in [3.8, 4) is 22.9 Å². The first-order chi connectivity index (χ1) is 16.9. The molecule has 0 N–H and O–H groups in total. The van der Waals surface area contributed by atoms with E-state index in [1.807, 2.05) is 30.3 Å². The number of nitrogens with zero attached hydrogens (tertiary/aromatic N) is 1. The monoisotopic (exact) mass is 471 g/mol. The van der Waals surface area contributed by atoms with Crippen molar-refractivity contribution in [2.75, 3.05) is 0 Å². The van der Waals surface area contributed by atoms with Gasteiger partial charge in [0.2, 0.25) is 0 Å². The predicted octanol–water partition coefficient (Wildman–Crippen LogP) is 7.21. The fraction of sp³-hybridized carbons (Fsp3) is 0.103. The van der Waals surface area contributed by atoms with Crippen LogP contribution in [0.2, 0.25) is 0 Å². The van der Waals surface area contributed by atoms with Crippen LogP contribution in [0.25, 0.3) is 11.1 Å². The Morgan fingerprint density at radius 2 is 1.51 bits per heavy atom. The number of carbonyl (C=O) groups is 1. The van der Waals surface area contributed by atoms with E-state index in [1.54, 1.807) is 18.2 Å². The van der Waals surface area contributed by atoms with Gasteiger partial charge in [0.05, 0.1) is 5.56 Å². The van der Waals surface area contributed by atoms with Gasteiger partial charge in [-0.2, -0.15) is 5.26 Å². The summed E-state index contributed by atoms with van der Waals surface area (Å²) in [6.45, 7) is 2.14. The third-order valence-electron chi connectivity index (χ3n) is 5.72. The highest BCUT2D eigenvalue weighted by molar-refractivity contribution is 5.92. The minimum absolute atomic E-state index is 0.243. The third kappa shape index (κ3) is 5.42. The van der Waals surface area contributed by atoms with Crippen LogP contribution in [-0.4, -0.2) is 5.97 Å². The SMILES string of the molecule is C[C@H](Cc1ccc(-c2cc(F)c(C(=O)Oc3ccc(C#N)c(F)c3)c(F)c2)cc1)c1ccccc1. The molecule has 0 amide bonds. The molecule has 0 spiro atoms. The summed E-state index contributed by atoms with van der Waals surface area (Å²) in [4.78, 5) is 12.3. The van der Waals surface area contributed by atoms with Crippen LogP contribution < -0.4 is 4.74 Å². The number of carbonyl (C=O) groups excluding carboxylic acids is 1. The predicted molar refractivity (Wildman–Crippen MR) is 126 cm³/mol. The summed E-state index contributed by atoms with van der Waals surface area (Å²) in [7, 11) is 0. The zero-order chi connectivity index (χ0) is 24.9. The van der Waals surface area contributed by atoms with Crippen LogP contribution in [0.1, 0.15) is 39.9 Å². The number of ether oxygens (including phenoxy) is 1. The fourth-order valence-corrected chi connectivity index (χ4v) is 3.83. The Balaban J connectivity index is 1.50. The van der Waals surface area contributed by atoms with E-state index >= 15 is 0 Å². The molecule has 0 bridgehead atoms. The first-order valence-electron chi connectivity index (χ1n) is 10.9. The number of rotatable bonds is 6. The molecule has 6 heteroatoms. The molecule has 174 valence electrons. The molecule has 0 unspecified atom stereocenters. The van der Waals surface area contributed by atoms with Crippen LogP contribution in [0.3, 0.4) is 0 Å². The van der Waals surface area contributed by atoms with E-state index in [2.05, 4.69) is 19.1 Å². The highest BCUT2D eigenvalue weighted by Gasteiger charge is 2.22. The lowest BCUT2D eigenvalue weighted by Crippen LogP contribution is -2.13. The summed E-state index contributed by atoms with van der Waals surface area (Å²) >= 11 is 0. The van der Waals surface area contributed by atoms with Crippen molar-refractivity contribution >= 4 is 5.97 Å². The van der Waals surface area contributed by atoms with Crippen molar-refractivity contribution in [1.29, 1.82) is 5.26 Å². The molecule has 0 fully saturated rings. The maximum Gasteiger partial charge on any atom is 0.349 e. The molecule has 3 nitrogen and oxygen atoms in total. The smallest absolute Gasteiger partial charge is 0.349 e. The molecular formula is C29H20F3NO2. The van der Waals surface area contributed by atoms with Crippen molar-refractivity contribution in [1.82, 2.24) is 0 Å². The molecule has 0 saturated carbocycles. The molecule has 1 atom stereocenters. The maximum absolute atomic E-state index is 14.7. The zero-order valence-electron chi connectivity index (χ0n) is 18.8. The Morgan fingerprint density at radius 3 is 2.11 bits per heavy atom. The highest BCUT2D eigenvalue weighted by Crippen LogP contribution is 2.28. The van der Waals surface area contributed by atoms with E-state index < -0.39 is 29.0 Å². The zero-order valence-corrected chi connectivity index (χ0v) is 18.8. The Labute approximate surface area is 201 Å². The van der Waals surface area contributed by atoms with Gasteiger partial charge in [-0.05, 0) is 58.9 Å². The lowest BCUT2D eigenvalue weighted by atomic mass is 9.93. The van der Waals surface area contributed by atoms with Gasteiger partial charge < -0.3 is 4.74 Å². The Bertz CT molecular complexity index is 1390. The van der Waals surface area contributed by atoms with Gasteiger partial charge >= 0.3 is 5.97 Å². The van der Waals surface area contributed by atoms with Crippen LogP contribution >= 0.6 is 0 Å². The second-order valence-corrected chi connectivity index (χ2v) is 8.17. The number of benzene rings is 4. The molecule has 0 heterocycles. The average Bonchev–Trinajstić information content (AvgIpc) is 2.84. The van der Waals surface area contributed by atoms with Crippen molar-refractivity contribution in [2.45, 2.75) is 19.3 Å². The standard InChI is InChI=1S/C29H20F3NO2/c1-18(20-5-3-2-4-6-20)13-19-7-9-21(10-8-19)23-14-26(31)28(27(32)15-23)29(34)35-24-12-11-22(17-33)25(30)16-24/h2-12,14-16,18H,13H2,1H3/t18-/m1/s1. The van der Waals surface area contributed by atoms with Gasteiger partial charge in [-0.1, -0.05) is 61.5 Å². The average molecular weight is 471 g/mol. The fourth-order valence-electron chi connectivity index (χ4n) is 3.83. The Morgan fingerprint density at radius 1 is 0.857 bits per heavy atom. The minimum Gasteiger partial charge on any atom is -0.423 e. The van der Waals surface area contributed by atoms with E-state index in [9.17, 15) is 18.0 Å². The van der Waals surface area contributed by atoms with Gasteiger partial charge in [-0.25, -0.2) is 18.0 Å². The molecule has 0 aliphatic rings. The molecule has 35 heavy (non-hydrogen) atoms. The van der Waals surface area contributed by atoms with E-state index in [-0.39, 0.29) is 16.9 Å². The number of hydrogen-bond acceptors (Lipinski definition) is 3. The molecular weight excluding hydrogens is 451 g/mol. The molecule has 0 radical (unpaired) electrons. The van der Waals surface area contributed by atoms with Crippen molar-refractivity contribution in [3.05, 3.63) is 125 Å². The van der Waals surface area contributed by atoms with Crippen molar-refractivity contribution < 1.29 is 22.7 Å². The van der Waals surface area contributed by atoms with Crippen molar-refractivity contribution in [3.63, 3.8) is 0 Å². The van der Waals surface area contributed by atoms with E-state index in [0.29, 0.717) is 11.5 Å². The largest absolute Gasteiger partial charge is 0.423 e. The van der Waals surface area contributed by atoms with Gasteiger partial charge in [-0.15, -0.1) is 0 Å². The van der Waals surface area contributed by atoms with Crippen LogP contribution in [0.5, 0.6) is 5.75 Å². The third-order valence-corrected chi connectivity index (χ3v) is 5.72. The number of hydrogen-bond donors (Lipinski definition) is 0. The Hall–Kier alpha value is -4.37. The normalized spacial score (nSPS) is 11.5. The summed E-state index contributed by atoms with van der Waals surface area (Å²) in [5, 5.41) is 8.77. The van der Waals surface area contributed by atoms with Gasteiger partial charge in [0.25, 0.3) is 0 Å². The summed E-state index contributed by atoms with van der Waals surface area (Å²) in [6, 6.07) is 24.3. The Kier molecular flexibility index (Phi) is 6.98. The summed E-state index contributed by atoms with van der Waals surface area (Å²) in [5.41, 5.74) is 2.04. The quantitative estimate of drug-likeness (QED) is 0.221. The van der Waals surface area contributed by atoms with E-state index in [4.69, 9.17) is 10.00 Å². The van der Waals surface area contributed by atoms with Crippen LogP contribution in [-0.2, 0) is 6.42 Å². The molecule has 0 aliphatic heterocycles.